The molecular formula is C16H18N3. The predicted octanol–water partition coefficient (Wildman–Crippen LogP) is 2.30. The molecule has 1 fully saturated rings. The zero-order valence-electron chi connectivity index (χ0n) is 11.2. The van der Waals surface area contributed by atoms with Crippen molar-refractivity contribution in [2.75, 3.05) is 38.1 Å². The lowest BCUT2D eigenvalue weighted by atomic mass is 10.1. The number of benzene rings is 1. The molecule has 19 heavy (non-hydrogen) atoms. The van der Waals surface area contributed by atoms with Gasteiger partial charge in [-0.3, -0.25) is 0 Å². The summed E-state index contributed by atoms with van der Waals surface area (Å²) in [4.78, 5) is 9.22. The molecule has 1 saturated heterocycles. The molecule has 97 valence electrons. The number of pyridine rings is 1. The number of aromatic nitrogens is 1. The maximum Gasteiger partial charge on any atom is 0.129 e. The molecule has 0 N–H and O–H groups in total. The van der Waals surface area contributed by atoms with E-state index in [0.717, 1.165) is 32.0 Å². The largest absolute Gasteiger partial charge is 0.354 e. The fraction of sp³-hybridized carbons (Fsp3) is 0.312. The van der Waals surface area contributed by atoms with Crippen molar-refractivity contribution in [2.24, 2.45) is 0 Å². The van der Waals surface area contributed by atoms with Gasteiger partial charge < -0.3 is 9.80 Å². The van der Waals surface area contributed by atoms with Crippen LogP contribution < -0.4 is 4.90 Å². The summed E-state index contributed by atoms with van der Waals surface area (Å²) in [5.41, 5.74) is 2.40. The average molecular weight is 252 g/mol. The van der Waals surface area contributed by atoms with Crippen LogP contribution in [0.15, 0.2) is 42.6 Å². The van der Waals surface area contributed by atoms with Gasteiger partial charge in [0.05, 0.1) is 0 Å². The summed E-state index contributed by atoms with van der Waals surface area (Å²) in [6.07, 6.45) is 1.90. The van der Waals surface area contributed by atoms with E-state index in [1.54, 1.807) is 0 Å². The van der Waals surface area contributed by atoms with E-state index in [1.807, 2.05) is 24.4 Å². The third kappa shape index (κ3) is 2.76. The molecule has 0 saturated carbocycles. The van der Waals surface area contributed by atoms with Crippen LogP contribution in [0.2, 0.25) is 0 Å². The number of rotatable bonds is 2. The predicted molar refractivity (Wildman–Crippen MR) is 78.2 cm³/mol. The van der Waals surface area contributed by atoms with Crippen LogP contribution in [-0.4, -0.2) is 43.1 Å². The van der Waals surface area contributed by atoms with Crippen LogP contribution in [0.1, 0.15) is 0 Å². The summed E-state index contributed by atoms with van der Waals surface area (Å²) in [5, 5.41) is 0. The van der Waals surface area contributed by atoms with Gasteiger partial charge in [-0.25, -0.2) is 4.98 Å². The summed E-state index contributed by atoms with van der Waals surface area (Å²) >= 11 is 0. The number of anilines is 1. The zero-order valence-corrected chi connectivity index (χ0v) is 11.2. The molecule has 1 aliphatic heterocycles. The normalized spacial score (nSPS) is 16.6. The lowest BCUT2D eigenvalue weighted by molar-refractivity contribution is 0.312. The molecule has 1 aliphatic rings. The molecule has 1 radical (unpaired) electrons. The van der Waals surface area contributed by atoms with E-state index in [-0.39, 0.29) is 0 Å². The highest BCUT2D eigenvalue weighted by Crippen LogP contribution is 2.23. The highest BCUT2D eigenvalue weighted by molar-refractivity contribution is 5.66. The van der Waals surface area contributed by atoms with E-state index in [4.69, 9.17) is 0 Å². The number of nitrogens with zero attached hydrogens (tertiary/aromatic N) is 3. The fourth-order valence-electron chi connectivity index (χ4n) is 2.38. The van der Waals surface area contributed by atoms with E-state index in [9.17, 15) is 0 Å². The van der Waals surface area contributed by atoms with Gasteiger partial charge in [0.2, 0.25) is 0 Å². The van der Waals surface area contributed by atoms with Crippen LogP contribution in [0.3, 0.4) is 0 Å². The van der Waals surface area contributed by atoms with E-state index in [0.29, 0.717) is 0 Å². The summed E-state index contributed by atoms with van der Waals surface area (Å²) in [5.74, 6) is 1.08. The van der Waals surface area contributed by atoms with Crippen LogP contribution in [0, 0.1) is 6.07 Å². The molecule has 1 aromatic carbocycles. The van der Waals surface area contributed by atoms with Crippen molar-refractivity contribution >= 4 is 5.82 Å². The van der Waals surface area contributed by atoms with Gasteiger partial charge in [0.25, 0.3) is 0 Å². The Morgan fingerprint density at radius 3 is 2.68 bits per heavy atom. The Bertz CT molecular complexity index is 531. The summed E-state index contributed by atoms with van der Waals surface area (Å²) in [7, 11) is 2.17. The standard InChI is InChI=1S/C16H18N3/c1-18-9-11-19(12-10-18)16-13-15(7-8-17-16)14-5-3-2-4-6-14/h2-3,5-8,13H,9-12H2,1H3. The third-order valence-electron chi connectivity index (χ3n) is 3.61. The Morgan fingerprint density at radius 1 is 1.11 bits per heavy atom. The maximum absolute atomic E-state index is 4.51. The van der Waals surface area contributed by atoms with E-state index < -0.39 is 0 Å². The van der Waals surface area contributed by atoms with Crippen molar-refractivity contribution in [2.45, 2.75) is 0 Å². The Balaban J connectivity index is 1.84. The van der Waals surface area contributed by atoms with Crippen LogP contribution in [0.25, 0.3) is 11.1 Å². The molecule has 3 nitrogen and oxygen atoms in total. The first-order valence-corrected chi connectivity index (χ1v) is 6.69. The highest BCUT2D eigenvalue weighted by atomic mass is 15.3. The first-order valence-electron chi connectivity index (χ1n) is 6.69. The molecule has 0 bridgehead atoms. The third-order valence-corrected chi connectivity index (χ3v) is 3.61. The molecule has 1 aromatic heterocycles. The second kappa shape index (κ2) is 5.41. The summed E-state index contributed by atoms with van der Waals surface area (Å²) < 4.78 is 0. The van der Waals surface area contributed by atoms with Crippen LogP contribution in [0.4, 0.5) is 5.82 Å². The topological polar surface area (TPSA) is 19.4 Å². The quantitative estimate of drug-likeness (QED) is 0.817. The first kappa shape index (κ1) is 12.2. The maximum atomic E-state index is 4.51. The van der Waals surface area contributed by atoms with Gasteiger partial charge in [-0.05, 0) is 42.4 Å². The van der Waals surface area contributed by atoms with E-state index >= 15 is 0 Å². The van der Waals surface area contributed by atoms with Crippen LogP contribution in [-0.2, 0) is 0 Å². The molecule has 3 heteroatoms. The Morgan fingerprint density at radius 2 is 1.95 bits per heavy atom. The molecule has 2 aromatic rings. The van der Waals surface area contributed by atoms with Crippen molar-refractivity contribution in [3.63, 3.8) is 0 Å². The average Bonchev–Trinajstić information content (AvgIpc) is 2.49. The van der Waals surface area contributed by atoms with Gasteiger partial charge in [-0.15, -0.1) is 0 Å². The second-order valence-electron chi connectivity index (χ2n) is 4.99. The lowest BCUT2D eigenvalue weighted by Crippen LogP contribution is -2.44. The molecule has 0 amide bonds. The van der Waals surface area contributed by atoms with Crippen LogP contribution >= 0.6 is 0 Å². The highest BCUT2D eigenvalue weighted by Gasteiger charge is 2.15. The van der Waals surface area contributed by atoms with Gasteiger partial charge in [0.1, 0.15) is 5.82 Å². The van der Waals surface area contributed by atoms with Crippen molar-refractivity contribution in [1.29, 1.82) is 0 Å². The van der Waals surface area contributed by atoms with Gasteiger partial charge >= 0.3 is 0 Å². The number of likely N-dealkylation sites (N-methyl/N-ethyl adjacent to an activating group) is 1. The molecule has 0 spiro atoms. The molecule has 0 unspecified atom stereocenters. The summed E-state index contributed by atoms with van der Waals surface area (Å²) in [6.45, 7) is 4.30. The first-order chi connectivity index (χ1) is 9.33. The molecule has 3 rings (SSSR count). The SMILES string of the molecule is CN1CCN(c2cc(-c3c[c]ccc3)ccn2)CC1. The Hall–Kier alpha value is -1.87. The Labute approximate surface area is 114 Å². The minimum absolute atomic E-state index is 1.05. The number of hydrogen-bond donors (Lipinski definition) is 0. The van der Waals surface area contributed by atoms with Crippen molar-refractivity contribution in [3.05, 3.63) is 48.7 Å². The molecule has 0 aliphatic carbocycles. The van der Waals surface area contributed by atoms with E-state index in [1.165, 1.54) is 11.1 Å². The smallest absolute Gasteiger partial charge is 0.129 e. The fourth-order valence-corrected chi connectivity index (χ4v) is 2.38. The van der Waals surface area contributed by atoms with E-state index in [2.05, 4.69) is 46.1 Å². The van der Waals surface area contributed by atoms with Crippen LogP contribution in [0.5, 0.6) is 0 Å². The number of piperazine rings is 1. The molecule has 0 atom stereocenters. The minimum Gasteiger partial charge on any atom is -0.354 e. The van der Waals surface area contributed by atoms with Gasteiger partial charge in [0, 0.05) is 32.4 Å². The summed E-state index contributed by atoms with van der Waals surface area (Å²) in [6, 6.07) is 15.4. The second-order valence-corrected chi connectivity index (χ2v) is 4.99. The lowest BCUT2D eigenvalue weighted by Gasteiger charge is -2.33. The molecule has 2 heterocycles. The molecular weight excluding hydrogens is 234 g/mol. The van der Waals surface area contributed by atoms with Crippen molar-refractivity contribution in [1.82, 2.24) is 9.88 Å². The minimum atomic E-state index is 1.05. The monoisotopic (exact) mass is 252 g/mol. The van der Waals surface area contributed by atoms with Crippen molar-refractivity contribution < 1.29 is 0 Å². The van der Waals surface area contributed by atoms with Gasteiger partial charge in [-0.1, -0.05) is 18.2 Å². The van der Waals surface area contributed by atoms with Gasteiger partial charge in [-0.2, -0.15) is 0 Å². The Kier molecular flexibility index (Phi) is 3.47. The van der Waals surface area contributed by atoms with Gasteiger partial charge in [0.15, 0.2) is 0 Å². The zero-order chi connectivity index (χ0) is 13.1. The van der Waals surface area contributed by atoms with Crippen molar-refractivity contribution in [3.8, 4) is 11.1 Å². The number of hydrogen-bond acceptors (Lipinski definition) is 3.